The highest BCUT2D eigenvalue weighted by atomic mass is 35.5. The second kappa shape index (κ2) is 4.61. The summed E-state index contributed by atoms with van der Waals surface area (Å²) in [5.74, 6) is -0.887. The van der Waals surface area contributed by atoms with Crippen molar-refractivity contribution < 1.29 is 18.0 Å². The van der Waals surface area contributed by atoms with Gasteiger partial charge in [-0.25, -0.2) is 0 Å². The molecule has 0 aliphatic heterocycles. The maximum atomic E-state index is 11.8. The number of anilines is 1. The van der Waals surface area contributed by atoms with Crippen LogP contribution in [0.4, 0.5) is 18.9 Å². The first-order chi connectivity index (χ1) is 7.29. The van der Waals surface area contributed by atoms with Crippen molar-refractivity contribution in [3.8, 4) is 0 Å². The molecule has 0 saturated heterocycles. The van der Waals surface area contributed by atoms with Crippen LogP contribution in [0.3, 0.4) is 0 Å². The fourth-order valence-corrected chi connectivity index (χ4v) is 1.27. The fraction of sp³-hybridized carbons (Fsp3) is 0.222. The maximum Gasteiger partial charge on any atom is 0.405 e. The highest BCUT2D eigenvalue weighted by Gasteiger charge is 2.28. The smallest absolute Gasteiger partial charge is 0.399 e. The minimum atomic E-state index is -4.45. The molecule has 0 aliphatic carbocycles. The van der Waals surface area contributed by atoms with Crippen LogP contribution in [0.1, 0.15) is 10.4 Å². The minimum absolute atomic E-state index is 0.0136. The lowest BCUT2D eigenvalue weighted by Crippen LogP contribution is -2.33. The molecule has 7 heteroatoms. The van der Waals surface area contributed by atoms with E-state index in [0.717, 1.165) is 0 Å². The predicted octanol–water partition coefficient (Wildman–Crippen LogP) is 2.21. The van der Waals surface area contributed by atoms with Crippen molar-refractivity contribution >= 4 is 23.2 Å². The number of nitrogen functional groups attached to an aromatic ring is 1. The van der Waals surface area contributed by atoms with Crippen LogP contribution < -0.4 is 11.1 Å². The van der Waals surface area contributed by atoms with Gasteiger partial charge in [-0.05, 0) is 18.2 Å². The maximum absolute atomic E-state index is 11.8. The number of nitrogens with two attached hydrogens (primary N) is 1. The SMILES string of the molecule is Nc1ccc(C(=O)NCC(F)(F)F)c(Cl)c1. The van der Waals surface area contributed by atoms with Gasteiger partial charge in [0, 0.05) is 5.69 Å². The van der Waals surface area contributed by atoms with Gasteiger partial charge in [0.2, 0.25) is 0 Å². The Morgan fingerprint density at radius 2 is 2.06 bits per heavy atom. The Morgan fingerprint density at radius 3 is 2.56 bits per heavy atom. The molecule has 3 nitrogen and oxygen atoms in total. The van der Waals surface area contributed by atoms with E-state index in [1.165, 1.54) is 18.2 Å². The average molecular weight is 253 g/mol. The molecule has 0 aliphatic rings. The number of hydrogen-bond acceptors (Lipinski definition) is 2. The third-order valence-electron chi connectivity index (χ3n) is 1.69. The normalized spacial score (nSPS) is 11.2. The molecule has 0 atom stereocenters. The molecule has 3 N–H and O–H groups in total. The number of hydrogen-bond donors (Lipinski definition) is 2. The Kier molecular flexibility index (Phi) is 3.64. The molecule has 0 aromatic heterocycles. The van der Waals surface area contributed by atoms with Crippen LogP contribution in [-0.4, -0.2) is 18.6 Å². The lowest BCUT2D eigenvalue weighted by molar-refractivity contribution is -0.123. The number of halogens is 4. The highest BCUT2D eigenvalue weighted by molar-refractivity contribution is 6.34. The van der Waals surface area contributed by atoms with Crippen LogP contribution in [-0.2, 0) is 0 Å². The monoisotopic (exact) mass is 252 g/mol. The molecule has 0 radical (unpaired) electrons. The van der Waals surface area contributed by atoms with Crippen LogP contribution in [0.5, 0.6) is 0 Å². The first kappa shape index (κ1) is 12.6. The topological polar surface area (TPSA) is 55.1 Å². The Balaban J connectivity index is 2.74. The summed E-state index contributed by atoms with van der Waals surface area (Å²) in [6.45, 7) is -1.40. The quantitative estimate of drug-likeness (QED) is 0.793. The van der Waals surface area contributed by atoms with E-state index in [1.54, 1.807) is 5.32 Å². The predicted molar refractivity (Wildman–Crippen MR) is 54.3 cm³/mol. The lowest BCUT2D eigenvalue weighted by Gasteiger charge is -2.09. The zero-order chi connectivity index (χ0) is 12.3. The Labute approximate surface area is 94.4 Å². The van der Waals surface area contributed by atoms with Gasteiger partial charge in [0.25, 0.3) is 5.91 Å². The van der Waals surface area contributed by atoms with Crippen LogP contribution >= 0.6 is 11.6 Å². The minimum Gasteiger partial charge on any atom is -0.399 e. The summed E-state index contributed by atoms with van der Waals surface area (Å²) in [5, 5.41) is 1.72. The van der Waals surface area contributed by atoms with Gasteiger partial charge in [-0.15, -0.1) is 0 Å². The summed E-state index contributed by atoms with van der Waals surface area (Å²) in [7, 11) is 0. The number of nitrogens with one attached hydrogen (secondary N) is 1. The number of rotatable bonds is 2. The van der Waals surface area contributed by atoms with Gasteiger partial charge < -0.3 is 11.1 Å². The van der Waals surface area contributed by atoms with Gasteiger partial charge in [-0.1, -0.05) is 11.6 Å². The van der Waals surface area contributed by atoms with Crippen LogP contribution in [0.25, 0.3) is 0 Å². The van der Waals surface area contributed by atoms with Crippen LogP contribution in [0, 0.1) is 0 Å². The zero-order valence-corrected chi connectivity index (χ0v) is 8.69. The van der Waals surface area contributed by atoms with Gasteiger partial charge in [-0.3, -0.25) is 4.79 Å². The van der Waals surface area contributed by atoms with Gasteiger partial charge in [0.05, 0.1) is 10.6 Å². The van der Waals surface area contributed by atoms with Crippen molar-refractivity contribution in [1.82, 2.24) is 5.32 Å². The molecule has 0 fully saturated rings. The van der Waals surface area contributed by atoms with Gasteiger partial charge in [0.1, 0.15) is 6.54 Å². The molecule has 0 spiro atoms. The molecular formula is C9H8ClF3N2O. The van der Waals surface area contributed by atoms with Crippen molar-refractivity contribution in [2.24, 2.45) is 0 Å². The lowest BCUT2D eigenvalue weighted by atomic mass is 10.2. The van der Waals surface area contributed by atoms with Crippen molar-refractivity contribution in [1.29, 1.82) is 0 Å². The Morgan fingerprint density at radius 1 is 1.44 bits per heavy atom. The van der Waals surface area contributed by atoms with E-state index in [2.05, 4.69) is 0 Å². The molecule has 88 valence electrons. The number of alkyl halides is 3. The standard InChI is InChI=1S/C9H8ClF3N2O/c10-7-3-5(14)1-2-6(7)8(16)15-4-9(11,12)13/h1-3H,4,14H2,(H,15,16). The summed E-state index contributed by atoms with van der Waals surface area (Å²) in [6, 6.07) is 3.95. The van der Waals surface area contributed by atoms with Crippen LogP contribution in [0.2, 0.25) is 5.02 Å². The van der Waals surface area contributed by atoms with Gasteiger partial charge >= 0.3 is 6.18 Å². The summed E-state index contributed by atoms with van der Waals surface area (Å²) in [4.78, 5) is 11.3. The van der Waals surface area contributed by atoms with Gasteiger partial charge in [0.15, 0.2) is 0 Å². The number of carbonyl (C=O) groups is 1. The Hall–Kier alpha value is -1.43. The summed E-state index contributed by atoms with van der Waals surface area (Å²) in [5.41, 5.74) is 5.66. The molecule has 0 saturated carbocycles. The van der Waals surface area contributed by atoms with E-state index in [0.29, 0.717) is 5.69 Å². The van der Waals surface area contributed by atoms with E-state index >= 15 is 0 Å². The van der Waals surface area contributed by atoms with Gasteiger partial charge in [-0.2, -0.15) is 13.2 Å². The average Bonchev–Trinajstić information content (AvgIpc) is 2.13. The molecular weight excluding hydrogens is 245 g/mol. The van der Waals surface area contributed by atoms with Crippen molar-refractivity contribution in [2.75, 3.05) is 12.3 Å². The van der Waals surface area contributed by atoms with Crippen molar-refractivity contribution in [3.05, 3.63) is 28.8 Å². The first-order valence-electron chi connectivity index (χ1n) is 4.19. The fourth-order valence-electron chi connectivity index (χ4n) is 0.991. The molecule has 1 aromatic carbocycles. The summed E-state index contributed by atoms with van der Waals surface area (Å²) in [6.07, 6.45) is -4.45. The number of amides is 1. The number of benzene rings is 1. The van der Waals surface area contributed by atoms with E-state index in [4.69, 9.17) is 17.3 Å². The van der Waals surface area contributed by atoms with E-state index in [1.807, 2.05) is 0 Å². The largest absolute Gasteiger partial charge is 0.405 e. The van der Waals surface area contributed by atoms with E-state index in [9.17, 15) is 18.0 Å². The third-order valence-corrected chi connectivity index (χ3v) is 2.00. The number of carbonyl (C=O) groups excluding carboxylic acids is 1. The molecule has 1 rings (SSSR count). The molecule has 1 aromatic rings. The molecule has 0 unspecified atom stereocenters. The third kappa shape index (κ3) is 3.62. The summed E-state index contributed by atoms with van der Waals surface area (Å²) < 4.78 is 35.5. The highest BCUT2D eigenvalue weighted by Crippen LogP contribution is 2.19. The second-order valence-corrected chi connectivity index (χ2v) is 3.44. The molecule has 0 heterocycles. The van der Waals surface area contributed by atoms with Crippen molar-refractivity contribution in [3.63, 3.8) is 0 Å². The van der Waals surface area contributed by atoms with E-state index in [-0.39, 0.29) is 10.6 Å². The second-order valence-electron chi connectivity index (χ2n) is 3.04. The van der Waals surface area contributed by atoms with E-state index < -0.39 is 18.6 Å². The zero-order valence-electron chi connectivity index (χ0n) is 7.94. The molecule has 0 bridgehead atoms. The molecule has 1 amide bonds. The van der Waals surface area contributed by atoms with Crippen molar-refractivity contribution in [2.45, 2.75) is 6.18 Å². The Bertz CT molecular complexity index is 406. The first-order valence-corrected chi connectivity index (χ1v) is 4.57. The van der Waals surface area contributed by atoms with Crippen LogP contribution in [0.15, 0.2) is 18.2 Å². The summed E-state index contributed by atoms with van der Waals surface area (Å²) >= 11 is 5.65. The molecule has 16 heavy (non-hydrogen) atoms.